The molecule has 142 valence electrons. The minimum atomic E-state index is 0.480. The molecule has 2 N–H and O–H groups in total. The number of nitrogens with one attached hydrogen (secondary N) is 2. The first-order valence-corrected chi connectivity index (χ1v) is 9.18. The second-order valence-electron chi connectivity index (χ2n) is 6.99. The van der Waals surface area contributed by atoms with Crippen LogP contribution in [0, 0.1) is 19.8 Å². The van der Waals surface area contributed by atoms with Crippen LogP contribution < -0.4 is 10.6 Å². The summed E-state index contributed by atoms with van der Waals surface area (Å²) in [7, 11) is 1.79. The molecule has 1 saturated heterocycles. The number of aryl methyl sites for hydroxylation is 2. The van der Waals surface area contributed by atoms with E-state index in [0.29, 0.717) is 24.4 Å². The minimum absolute atomic E-state index is 0.480. The summed E-state index contributed by atoms with van der Waals surface area (Å²) < 4.78 is 11.1. The lowest BCUT2D eigenvalue weighted by Crippen LogP contribution is -2.51. The van der Waals surface area contributed by atoms with E-state index in [1.807, 2.05) is 13.8 Å². The molecule has 0 spiro atoms. The SMILES string of the molecule is CN=C(NCc1nc(C)c(C)o1)NCC(CC(C)C)N1CCOCC1. The second-order valence-corrected chi connectivity index (χ2v) is 6.99. The molecule has 0 radical (unpaired) electrons. The Morgan fingerprint density at radius 3 is 2.52 bits per heavy atom. The van der Waals surface area contributed by atoms with E-state index in [2.05, 4.69) is 39.4 Å². The predicted octanol–water partition coefficient (Wildman–Crippen LogP) is 1.70. The molecule has 1 atom stereocenters. The van der Waals surface area contributed by atoms with Crippen molar-refractivity contribution >= 4 is 5.96 Å². The van der Waals surface area contributed by atoms with Gasteiger partial charge in [0.1, 0.15) is 5.76 Å². The molecular weight excluding hydrogens is 318 g/mol. The van der Waals surface area contributed by atoms with Crippen LogP contribution in [-0.4, -0.2) is 61.8 Å². The van der Waals surface area contributed by atoms with Gasteiger partial charge in [-0.3, -0.25) is 9.89 Å². The highest BCUT2D eigenvalue weighted by atomic mass is 16.5. The highest BCUT2D eigenvalue weighted by Gasteiger charge is 2.22. The van der Waals surface area contributed by atoms with E-state index >= 15 is 0 Å². The van der Waals surface area contributed by atoms with Crippen LogP contribution in [0.4, 0.5) is 0 Å². The Labute approximate surface area is 151 Å². The van der Waals surface area contributed by atoms with E-state index in [4.69, 9.17) is 9.15 Å². The number of hydrogen-bond acceptors (Lipinski definition) is 5. The summed E-state index contributed by atoms with van der Waals surface area (Å²) in [5.41, 5.74) is 0.934. The second kappa shape index (κ2) is 9.77. The van der Waals surface area contributed by atoms with Crippen molar-refractivity contribution in [2.75, 3.05) is 39.9 Å². The maximum Gasteiger partial charge on any atom is 0.214 e. The fourth-order valence-electron chi connectivity index (χ4n) is 3.06. The number of aromatic nitrogens is 1. The van der Waals surface area contributed by atoms with Gasteiger partial charge in [-0.15, -0.1) is 0 Å². The van der Waals surface area contributed by atoms with Gasteiger partial charge in [-0.25, -0.2) is 4.98 Å². The van der Waals surface area contributed by atoms with Gasteiger partial charge in [-0.2, -0.15) is 0 Å². The molecule has 1 aromatic rings. The summed E-state index contributed by atoms with van der Waals surface area (Å²) in [5.74, 6) is 2.98. The first-order chi connectivity index (χ1) is 12.0. The van der Waals surface area contributed by atoms with Gasteiger partial charge in [0.25, 0.3) is 0 Å². The fourth-order valence-corrected chi connectivity index (χ4v) is 3.06. The highest BCUT2D eigenvalue weighted by Crippen LogP contribution is 2.13. The molecule has 2 heterocycles. The summed E-state index contributed by atoms with van der Waals surface area (Å²) in [6, 6.07) is 0.480. The van der Waals surface area contributed by atoms with Crippen LogP contribution in [0.2, 0.25) is 0 Å². The smallest absolute Gasteiger partial charge is 0.214 e. The van der Waals surface area contributed by atoms with Crippen LogP contribution in [0.15, 0.2) is 9.41 Å². The Morgan fingerprint density at radius 2 is 1.96 bits per heavy atom. The molecule has 0 saturated carbocycles. The van der Waals surface area contributed by atoms with Gasteiger partial charge in [0, 0.05) is 32.7 Å². The lowest BCUT2D eigenvalue weighted by molar-refractivity contribution is 0.0132. The molecule has 2 rings (SSSR count). The summed E-state index contributed by atoms with van der Waals surface area (Å²) in [6.07, 6.45) is 1.15. The molecule has 0 bridgehead atoms. The van der Waals surface area contributed by atoms with Crippen molar-refractivity contribution in [1.29, 1.82) is 0 Å². The van der Waals surface area contributed by atoms with Crippen LogP contribution >= 0.6 is 0 Å². The first-order valence-electron chi connectivity index (χ1n) is 9.18. The van der Waals surface area contributed by atoms with Crippen molar-refractivity contribution < 1.29 is 9.15 Å². The summed E-state index contributed by atoms with van der Waals surface area (Å²) in [4.78, 5) is 11.2. The van der Waals surface area contributed by atoms with E-state index < -0.39 is 0 Å². The zero-order chi connectivity index (χ0) is 18.2. The van der Waals surface area contributed by atoms with Crippen molar-refractivity contribution in [3.63, 3.8) is 0 Å². The van der Waals surface area contributed by atoms with Crippen molar-refractivity contribution in [3.8, 4) is 0 Å². The predicted molar refractivity (Wildman–Crippen MR) is 99.8 cm³/mol. The Kier molecular flexibility index (Phi) is 7.71. The Morgan fingerprint density at radius 1 is 1.24 bits per heavy atom. The monoisotopic (exact) mass is 351 g/mol. The number of morpholine rings is 1. The largest absolute Gasteiger partial charge is 0.444 e. The number of aliphatic imine (C=N–C) groups is 1. The number of nitrogens with zero attached hydrogens (tertiary/aromatic N) is 3. The third-order valence-corrected chi connectivity index (χ3v) is 4.51. The molecule has 1 aliphatic rings. The summed E-state index contributed by atoms with van der Waals surface area (Å²) >= 11 is 0. The van der Waals surface area contributed by atoms with Gasteiger partial charge in [0.05, 0.1) is 25.5 Å². The minimum Gasteiger partial charge on any atom is -0.444 e. The Bertz CT molecular complexity index is 530. The zero-order valence-electron chi connectivity index (χ0n) is 16.3. The van der Waals surface area contributed by atoms with Crippen molar-refractivity contribution in [2.24, 2.45) is 10.9 Å². The van der Waals surface area contributed by atoms with E-state index in [9.17, 15) is 0 Å². The molecule has 0 aliphatic carbocycles. The van der Waals surface area contributed by atoms with Crippen LogP contribution in [0.5, 0.6) is 0 Å². The summed E-state index contributed by atoms with van der Waals surface area (Å²) in [6.45, 7) is 13.5. The van der Waals surface area contributed by atoms with Gasteiger partial charge in [0.2, 0.25) is 5.89 Å². The van der Waals surface area contributed by atoms with E-state index in [1.54, 1.807) is 7.05 Å². The number of rotatable bonds is 7. The van der Waals surface area contributed by atoms with E-state index in [1.165, 1.54) is 0 Å². The standard InChI is InChI=1S/C18H33N5O2/c1-13(2)10-16(23-6-8-24-9-7-23)11-20-18(19-5)21-12-17-22-14(3)15(4)25-17/h13,16H,6-12H2,1-5H3,(H2,19,20,21). The van der Waals surface area contributed by atoms with E-state index in [-0.39, 0.29) is 0 Å². The van der Waals surface area contributed by atoms with Gasteiger partial charge in [0.15, 0.2) is 5.96 Å². The number of ether oxygens (including phenoxy) is 1. The zero-order valence-corrected chi connectivity index (χ0v) is 16.3. The van der Waals surface area contributed by atoms with Crippen molar-refractivity contribution in [2.45, 2.75) is 46.7 Å². The third-order valence-electron chi connectivity index (χ3n) is 4.51. The third kappa shape index (κ3) is 6.32. The highest BCUT2D eigenvalue weighted by molar-refractivity contribution is 5.79. The normalized spacial score (nSPS) is 17.8. The average molecular weight is 351 g/mol. The molecule has 1 aliphatic heterocycles. The van der Waals surface area contributed by atoms with Crippen molar-refractivity contribution in [1.82, 2.24) is 20.5 Å². The maximum atomic E-state index is 5.60. The lowest BCUT2D eigenvalue weighted by atomic mass is 10.0. The van der Waals surface area contributed by atoms with E-state index in [0.717, 1.165) is 56.7 Å². The molecule has 1 fully saturated rings. The summed E-state index contributed by atoms with van der Waals surface area (Å²) in [5, 5.41) is 6.73. The molecule has 1 aromatic heterocycles. The van der Waals surface area contributed by atoms with Gasteiger partial charge < -0.3 is 19.8 Å². The Hall–Kier alpha value is -1.60. The first kappa shape index (κ1) is 19.7. The Balaban J connectivity index is 1.85. The van der Waals surface area contributed by atoms with Gasteiger partial charge in [-0.1, -0.05) is 13.8 Å². The molecule has 7 nitrogen and oxygen atoms in total. The van der Waals surface area contributed by atoms with Crippen LogP contribution in [0.1, 0.15) is 37.6 Å². The fraction of sp³-hybridized carbons (Fsp3) is 0.778. The maximum absolute atomic E-state index is 5.60. The molecule has 1 unspecified atom stereocenters. The number of guanidine groups is 1. The number of hydrogen-bond donors (Lipinski definition) is 2. The molecule has 0 amide bonds. The lowest BCUT2D eigenvalue weighted by Gasteiger charge is -2.35. The average Bonchev–Trinajstić information content (AvgIpc) is 2.92. The van der Waals surface area contributed by atoms with Crippen molar-refractivity contribution in [3.05, 3.63) is 17.3 Å². The number of oxazole rings is 1. The van der Waals surface area contributed by atoms with Crippen LogP contribution in [-0.2, 0) is 11.3 Å². The van der Waals surface area contributed by atoms with Gasteiger partial charge in [-0.05, 0) is 26.2 Å². The molecule has 25 heavy (non-hydrogen) atoms. The quantitative estimate of drug-likeness (QED) is 0.575. The van der Waals surface area contributed by atoms with Crippen LogP contribution in [0.3, 0.4) is 0 Å². The molecular formula is C18H33N5O2. The molecule has 7 heteroatoms. The van der Waals surface area contributed by atoms with Crippen LogP contribution in [0.25, 0.3) is 0 Å². The van der Waals surface area contributed by atoms with Gasteiger partial charge >= 0.3 is 0 Å². The molecule has 0 aromatic carbocycles. The topological polar surface area (TPSA) is 74.9 Å².